The van der Waals surface area contributed by atoms with Gasteiger partial charge in [0.2, 0.25) is 10.0 Å². The molecule has 0 atom stereocenters. The molecule has 0 heterocycles. The van der Waals surface area contributed by atoms with Crippen molar-refractivity contribution >= 4 is 27.1 Å². The summed E-state index contributed by atoms with van der Waals surface area (Å²) in [5.41, 5.74) is 6.70. The van der Waals surface area contributed by atoms with E-state index in [0.717, 1.165) is 0 Å². The molecule has 5 nitrogen and oxygen atoms in total. The van der Waals surface area contributed by atoms with Gasteiger partial charge in [-0.15, -0.1) is 0 Å². The number of sulfonamides is 1. The normalized spacial score (nSPS) is 11.3. The maximum Gasteiger partial charge on any atom is 0.240 e. The number of halogens is 1. The first-order valence-corrected chi connectivity index (χ1v) is 7.25. The van der Waals surface area contributed by atoms with Gasteiger partial charge in [0.1, 0.15) is 10.7 Å². The summed E-state index contributed by atoms with van der Waals surface area (Å²) < 4.78 is 36.5. The van der Waals surface area contributed by atoms with Crippen LogP contribution in [0, 0.1) is 5.82 Å². The van der Waals surface area contributed by atoms with Crippen LogP contribution in [0.3, 0.4) is 0 Å². The second kappa shape index (κ2) is 5.10. The Morgan fingerprint density at radius 2 is 1.85 bits per heavy atom. The van der Waals surface area contributed by atoms with Crippen molar-refractivity contribution in [3.63, 3.8) is 0 Å². The van der Waals surface area contributed by atoms with E-state index in [0.29, 0.717) is 11.4 Å². The number of anilines is 3. The number of hydrogen-bond donors (Lipinski definition) is 2. The van der Waals surface area contributed by atoms with Crippen LogP contribution in [0.2, 0.25) is 0 Å². The number of nitrogens with two attached hydrogens (primary N) is 2. The summed E-state index contributed by atoms with van der Waals surface area (Å²) in [7, 11) is -2.31. The van der Waals surface area contributed by atoms with Crippen molar-refractivity contribution in [2.75, 3.05) is 17.7 Å². The summed E-state index contributed by atoms with van der Waals surface area (Å²) in [6.07, 6.45) is 0. The van der Waals surface area contributed by atoms with E-state index >= 15 is 0 Å². The predicted molar refractivity (Wildman–Crippen MR) is 76.7 cm³/mol. The Morgan fingerprint density at radius 3 is 2.45 bits per heavy atom. The van der Waals surface area contributed by atoms with Gasteiger partial charge in [0.25, 0.3) is 0 Å². The molecule has 0 aliphatic heterocycles. The molecule has 0 saturated carbocycles. The minimum absolute atomic E-state index is 0.107. The molecule has 2 aromatic rings. The van der Waals surface area contributed by atoms with Gasteiger partial charge >= 0.3 is 0 Å². The Balaban J connectivity index is 2.58. The van der Waals surface area contributed by atoms with Gasteiger partial charge < -0.3 is 10.6 Å². The lowest BCUT2D eigenvalue weighted by atomic mass is 10.2. The first kappa shape index (κ1) is 14.3. The molecule has 7 heteroatoms. The van der Waals surface area contributed by atoms with Crippen molar-refractivity contribution in [1.29, 1.82) is 0 Å². The summed E-state index contributed by atoms with van der Waals surface area (Å²) in [6, 6.07) is 10.2. The van der Waals surface area contributed by atoms with Gasteiger partial charge in [0.05, 0.1) is 5.69 Å². The number of rotatable bonds is 3. The second-order valence-corrected chi connectivity index (χ2v) is 5.84. The first-order chi connectivity index (χ1) is 9.29. The number of nitrogens with zero attached hydrogens (tertiary/aromatic N) is 1. The van der Waals surface area contributed by atoms with E-state index in [9.17, 15) is 12.8 Å². The fourth-order valence-corrected chi connectivity index (χ4v) is 2.66. The van der Waals surface area contributed by atoms with Crippen LogP contribution in [0.5, 0.6) is 0 Å². The van der Waals surface area contributed by atoms with Crippen LogP contribution in [-0.4, -0.2) is 15.5 Å². The van der Waals surface area contributed by atoms with Gasteiger partial charge in [-0.1, -0.05) is 6.07 Å². The van der Waals surface area contributed by atoms with Crippen LogP contribution >= 0.6 is 0 Å². The summed E-state index contributed by atoms with van der Waals surface area (Å²) in [5.74, 6) is -0.415. The SMILES string of the molecule is CN(c1cccc(F)c1)c1ccc(N)cc1S(N)(=O)=O. The molecule has 0 aromatic heterocycles. The fraction of sp³-hybridized carbons (Fsp3) is 0.0769. The quantitative estimate of drug-likeness (QED) is 0.845. The molecule has 0 unspecified atom stereocenters. The van der Waals surface area contributed by atoms with Crippen molar-refractivity contribution in [3.8, 4) is 0 Å². The molecule has 0 radical (unpaired) electrons. The van der Waals surface area contributed by atoms with Crippen LogP contribution < -0.4 is 15.8 Å². The largest absolute Gasteiger partial charge is 0.399 e. The van der Waals surface area contributed by atoms with Crippen molar-refractivity contribution in [1.82, 2.24) is 0 Å². The van der Waals surface area contributed by atoms with Crippen LogP contribution in [0.1, 0.15) is 0 Å². The highest BCUT2D eigenvalue weighted by Gasteiger charge is 2.18. The Bertz CT molecular complexity index is 747. The zero-order valence-electron chi connectivity index (χ0n) is 10.7. The minimum atomic E-state index is -3.93. The minimum Gasteiger partial charge on any atom is -0.399 e. The molecule has 20 heavy (non-hydrogen) atoms. The number of hydrogen-bond acceptors (Lipinski definition) is 4. The van der Waals surface area contributed by atoms with Crippen LogP contribution in [0.4, 0.5) is 21.5 Å². The predicted octanol–water partition coefficient (Wildman–Crippen LogP) is 1.82. The third-order valence-corrected chi connectivity index (χ3v) is 3.79. The molecule has 106 valence electrons. The van der Waals surface area contributed by atoms with Gasteiger partial charge in [0.15, 0.2) is 0 Å². The van der Waals surface area contributed by atoms with Gasteiger partial charge in [-0.2, -0.15) is 0 Å². The summed E-state index contributed by atoms with van der Waals surface area (Å²) in [6.45, 7) is 0. The highest BCUT2D eigenvalue weighted by Crippen LogP contribution is 2.31. The van der Waals surface area contributed by atoms with E-state index in [-0.39, 0.29) is 10.6 Å². The molecule has 0 saturated heterocycles. The van der Waals surface area contributed by atoms with Gasteiger partial charge in [-0.3, -0.25) is 0 Å². The third kappa shape index (κ3) is 2.89. The van der Waals surface area contributed by atoms with Crippen LogP contribution in [-0.2, 0) is 10.0 Å². The van der Waals surface area contributed by atoms with Crippen molar-refractivity contribution < 1.29 is 12.8 Å². The molecule has 0 aliphatic carbocycles. The smallest absolute Gasteiger partial charge is 0.240 e. The maximum atomic E-state index is 13.3. The number of primary sulfonamides is 1. The highest BCUT2D eigenvalue weighted by atomic mass is 32.2. The second-order valence-electron chi connectivity index (χ2n) is 4.31. The lowest BCUT2D eigenvalue weighted by Gasteiger charge is -2.22. The number of nitrogen functional groups attached to an aromatic ring is 1. The van der Waals surface area contributed by atoms with Crippen LogP contribution in [0.15, 0.2) is 47.4 Å². The van der Waals surface area contributed by atoms with E-state index in [4.69, 9.17) is 10.9 Å². The summed E-state index contributed by atoms with van der Waals surface area (Å²) >= 11 is 0. The molecule has 0 fully saturated rings. The third-order valence-electron chi connectivity index (χ3n) is 2.85. The average Bonchev–Trinajstić information content (AvgIpc) is 2.37. The standard InChI is InChI=1S/C13H14FN3O2S/c1-17(11-4-2-3-9(14)7-11)12-6-5-10(15)8-13(12)20(16,18)19/h2-8H,15H2,1H3,(H2,16,18,19). The lowest BCUT2D eigenvalue weighted by molar-refractivity contribution is 0.598. The highest BCUT2D eigenvalue weighted by molar-refractivity contribution is 7.89. The fourth-order valence-electron chi connectivity index (χ4n) is 1.86. The lowest BCUT2D eigenvalue weighted by Crippen LogP contribution is -2.19. The van der Waals surface area contributed by atoms with E-state index in [1.165, 1.54) is 35.2 Å². The average molecular weight is 295 g/mol. The monoisotopic (exact) mass is 295 g/mol. The Hall–Kier alpha value is -2.12. The number of benzene rings is 2. The van der Waals surface area contributed by atoms with Gasteiger partial charge in [0, 0.05) is 18.4 Å². The zero-order chi connectivity index (χ0) is 14.9. The molecule has 0 bridgehead atoms. The van der Waals surface area contributed by atoms with Crippen LogP contribution in [0.25, 0.3) is 0 Å². The first-order valence-electron chi connectivity index (χ1n) is 5.70. The maximum absolute atomic E-state index is 13.3. The van der Waals surface area contributed by atoms with Crippen molar-refractivity contribution in [3.05, 3.63) is 48.3 Å². The summed E-state index contributed by atoms with van der Waals surface area (Å²) in [4.78, 5) is 1.42. The summed E-state index contributed by atoms with van der Waals surface area (Å²) in [5, 5.41) is 5.19. The van der Waals surface area contributed by atoms with Crippen molar-refractivity contribution in [2.24, 2.45) is 5.14 Å². The van der Waals surface area contributed by atoms with Crippen molar-refractivity contribution in [2.45, 2.75) is 4.90 Å². The Labute approximate surface area is 116 Å². The van der Waals surface area contributed by atoms with Gasteiger partial charge in [-0.05, 0) is 36.4 Å². The molecule has 0 amide bonds. The molecular weight excluding hydrogens is 281 g/mol. The molecule has 2 rings (SSSR count). The van der Waals surface area contributed by atoms with E-state index in [1.807, 2.05) is 0 Å². The van der Waals surface area contributed by atoms with E-state index < -0.39 is 15.8 Å². The zero-order valence-corrected chi connectivity index (χ0v) is 11.6. The topological polar surface area (TPSA) is 89.4 Å². The molecule has 2 aromatic carbocycles. The Morgan fingerprint density at radius 1 is 1.15 bits per heavy atom. The Kier molecular flexibility index (Phi) is 3.65. The molecular formula is C13H14FN3O2S. The van der Waals surface area contributed by atoms with E-state index in [2.05, 4.69) is 0 Å². The molecule has 0 spiro atoms. The molecule has 0 aliphatic rings. The molecule has 4 N–H and O–H groups in total. The van der Waals surface area contributed by atoms with E-state index in [1.54, 1.807) is 19.2 Å². The van der Waals surface area contributed by atoms with Gasteiger partial charge in [-0.25, -0.2) is 17.9 Å².